The number of carboxylic acids is 1. The number of carboxylic acid groups (broad SMARTS) is 1. The summed E-state index contributed by atoms with van der Waals surface area (Å²) < 4.78 is 0. The normalized spacial score (nSPS) is 21.2. The van der Waals surface area contributed by atoms with Gasteiger partial charge in [0.05, 0.1) is 5.92 Å². The molecule has 0 amide bonds. The average molecular weight is 222 g/mol. The van der Waals surface area contributed by atoms with E-state index in [1.807, 2.05) is 17.5 Å². The van der Waals surface area contributed by atoms with E-state index in [4.69, 9.17) is 5.11 Å². The molecule has 0 fully saturated rings. The van der Waals surface area contributed by atoms with E-state index in [0.717, 1.165) is 4.88 Å². The highest BCUT2D eigenvalue weighted by molar-refractivity contribution is 7.11. The molecule has 1 unspecified atom stereocenters. The van der Waals surface area contributed by atoms with Crippen LogP contribution in [0.1, 0.15) is 17.7 Å². The van der Waals surface area contributed by atoms with Gasteiger partial charge in [-0.25, -0.2) is 0 Å². The summed E-state index contributed by atoms with van der Waals surface area (Å²) in [5.74, 6) is -1.35. The van der Waals surface area contributed by atoms with Crippen molar-refractivity contribution in [2.75, 3.05) is 0 Å². The van der Waals surface area contributed by atoms with E-state index in [9.17, 15) is 9.59 Å². The number of hydrogen-bond acceptors (Lipinski definition) is 3. The van der Waals surface area contributed by atoms with E-state index in [1.165, 1.54) is 17.4 Å². The summed E-state index contributed by atoms with van der Waals surface area (Å²) in [5, 5.41) is 10.9. The molecule has 78 valence electrons. The Morgan fingerprint density at radius 2 is 2.33 bits per heavy atom. The highest BCUT2D eigenvalue weighted by Gasteiger charge is 2.28. The second-order valence-corrected chi connectivity index (χ2v) is 4.42. The highest BCUT2D eigenvalue weighted by atomic mass is 32.1. The Labute approximate surface area is 91.0 Å². The van der Waals surface area contributed by atoms with Crippen LogP contribution in [0.2, 0.25) is 0 Å². The molecule has 0 spiro atoms. The van der Waals surface area contributed by atoms with E-state index >= 15 is 0 Å². The van der Waals surface area contributed by atoms with Crippen LogP contribution >= 0.6 is 11.3 Å². The third-order valence-corrected chi connectivity index (χ3v) is 3.39. The molecule has 1 aromatic heterocycles. The lowest BCUT2D eigenvalue weighted by Crippen LogP contribution is -2.20. The van der Waals surface area contributed by atoms with Crippen LogP contribution in [-0.2, 0) is 9.59 Å². The maximum absolute atomic E-state index is 11.3. The molecule has 2 rings (SSSR count). The van der Waals surface area contributed by atoms with Crippen LogP contribution in [0.15, 0.2) is 23.6 Å². The molecule has 4 heteroatoms. The molecular formula is C11H10O3S. The van der Waals surface area contributed by atoms with Crippen molar-refractivity contribution >= 4 is 28.7 Å². The Kier molecular flexibility index (Phi) is 2.68. The monoisotopic (exact) mass is 222 g/mol. The Bertz CT molecular complexity index is 417. The largest absolute Gasteiger partial charge is 0.481 e. The minimum absolute atomic E-state index is 0.0240. The molecule has 0 aliphatic heterocycles. The first-order chi connectivity index (χ1) is 7.18. The second-order valence-electron chi connectivity index (χ2n) is 3.47. The number of allylic oxidation sites excluding steroid dienone is 1. The van der Waals surface area contributed by atoms with Gasteiger partial charge in [-0.05, 0) is 29.5 Å². The van der Waals surface area contributed by atoms with Crippen LogP contribution in [0, 0.1) is 5.92 Å². The van der Waals surface area contributed by atoms with Gasteiger partial charge in [0.2, 0.25) is 0 Å². The molecule has 1 aliphatic carbocycles. The summed E-state index contributed by atoms with van der Waals surface area (Å²) >= 11 is 1.47. The quantitative estimate of drug-likeness (QED) is 0.834. The zero-order valence-corrected chi connectivity index (χ0v) is 8.79. The standard InChI is InChI=1S/C11H10O3S/c12-7-3-4-8(11(13)14)9(6-7)10-2-1-5-15-10/h1-2,5-6,8H,3-4H2,(H,13,14). The van der Waals surface area contributed by atoms with Crippen LogP contribution in [0.5, 0.6) is 0 Å². The minimum Gasteiger partial charge on any atom is -0.481 e. The first kappa shape index (κ1) is 10.1. The maximum Gasteiger partial charge on any atom is 0.311 e. The topological polar surface area (TPSA) is 54.4 Å². The van der Waals surface area contributed by atoms with Crippen LogP contribution in [-0.4, -0.2) is 16.9 Å². The zero-order chi connectivity index (χ0) is 10.8. The van der Waals surface area contributed by atoms with E-state index in [1.54, 1.807) is 0 Å². The molecule has 0 saturated heterocycles. The van der Waals surface area contributed by atoms with E-state index in [2.05, 4.69) is 0 Å². The van der Waals surface area contributed by atoms with Crippen molar-refractivity contribution < 1.29 is 14.7 Å². The molecule has 15 heavy (non-hydrogen) atoms. The predicted molar refractivity (Wildman–Crippen MR) is 57.7 cm³/mol. The van der Waals surface area contributed by atoms with E-state index < -0.39 is 11.9 Å². The van der Waals surface area contributed by atoms with Crippen molar-refractivity contribution in [2.45, 2.75) is 12.8 Å². The molecule has 0 radical (unpaired) electrons. The lowest BCUT2D eigenvalue weighted by Gasteiger charge is -2.18. The van der Waals surface area contributed by atoms with Gasteiger partial charge in [-0.1, -0.05) is 6.07 Å². The lowest BCUT2D eigenvalue weighted by molar-refractivity contribution is -0.140. The van der Waals surface area contributed by atoms with Crippen LogP contribution in [0.3, 0.4) is 0 Å². The molecule has 1 N–H and O–H groups in total. The van der Waals surface area contributed by atoms with Crippen molar-refractivity contribution in [3.05, 3.63) is 28.5 Å². The van der Waals surface area contributed by atoms with Crippen LogP contribution in [0.4, 0.5) is 0 Å². The summed E-state index contributed by atoms with van der Waals surface area (Å²) in [6, 6.07) is 3.71. The fourth-order valence-electron chi connectivity index (χ4n) is 1.73. The average Bonchev–Trinajstić information content (AvgIpc) is 2.69. The summed E-state index contributed by atoms with van der Waals surface area (Å²) in [6.07, 6.45) is 2.23. The first-order valence-corrected chi connectivity index (χ1v) is 5.57. The maximum atomic E-state index is 11.3. The molecule has 0 saturated carbocycles. The van der Waals surface area contributed by atoms with Gasteiger partial charge in [-0.15, -0.1) is 11.3 Å². The fourth-order valence-corrected chi connectivity index (χ4v) is 2.53. The number of aliphatic carboxylic acids is 1. The molecule has 1 atom stereocenters. The minimum atomic E-state index is -0.845. The zero-order valence-electron chi connectivity index (χ0n) is 7.97. The third-order valence-electron chi connectivity index (χ3n) is 2.48. The second kappa shape index (κ2) is 3.98. The van der Waals surface area contributed by atoms with Crippen LogP contribution < -0.4 is 0 Å². The highest BCUT2D eigenvalue weighted by Crippen LogP contribution is 2.33. The van der Waals surface area contributed by atoms with Gasteiger partial charge < -0.3 is 5.11 Å². The van der Waals surface area contributed by atoms with Crippen molar-refractivity contribution in [3.63, 3.8) is 0 Å². The van der Waals surface area contributed by atoms with Gasteiger partial charge in [0.15, 0.2) is 5.78 Å². The molecule has 1 aromatic rings. The molecule has 3 nitrogen and oxygen atoms in total. The summed E-state index contributed by atoms with van der Waals surface area (Å²) in [6.45, 7) is 0. The van der Waals surface area contributed by atoms with Gasteiger partial charge in [0.25, 0.3) is 0 Å². The number of thiophene rings is 1. The van der Waals surface area contributed by atoms with Gasteiger partial charge in [-0.2, -0.15) is 0 Å². The molecule has 0 bridgehead atoms. The summed E-state index contributed by atoms with van der Waals surface area (Å²) in [7, 11) is 0. The van der Waals surface area contributed by atoms with Crippen molar-refractivity contribution in [1.29, 1.82) is 0 Å². The molecule has 1 heterocycles. The molecular weight excluding hydrogens is 212 g/mol. The van der Waals surface area contributed by atoms with Crippen molar-refractivity contribution in [2.24, 2.45) is 5.92 Å². The smallest absolute Gasteiger partial charge is 0.311 e. The number of carbonyl (C=O) groups is 2. The van der Waals surface area contributed by atoms with Gasteiger partial charge in [0.1, 0.15) is 0 Å². The van der Waals surface area contributed by atoms with Gasteiger partial charge in [-0.3, -0.25) is 9.59 Å². The third kappa shape index (κ3) is 1.99. The van der Waals surface area contributed by atoms with Crippen molar-refractivity contribution in [1.82, 2.24) is 0 Å². The first-order valence-electron chi connectivity index (χ1n) is 4.69. The Balaban J connectivity index is 2.40. The number of hydrogen-bond donors (Lipinski definition) is 1. The number of carbonyl (C=O) groups excluding carboxylic acids is 1. The van der Waals surface area contributed by atoms with Gasteiger partial charge >= 0.3 is 5.97 Å². The van der Waals surface area contributed by atoms with Crippen molar-refractivity contribution in [3.8, 4) is 0 Å². The van der Waals surface area contributed by atoms with Gasteiger partial charge in [0, 0.05) is 11.3 Å². The molecule has 1 aliphatic rings. The SMILES string of the molecule is O=C1C=C(c2cccs2)C(C(=O)O)CC1. The number of rotatable bonds is 2. The summed E-state index contributed by atoms with van der Waals surface area (Å²) in [4.78, 5) is 23.2. The predicted octanol–water partition coefficient (Wildman–Crippen LogP) is 2.20. The Morgan fingerprint density at radius 3 is 2.93 bits per heavy atom. The van der Waals surface area contributed by atoms with Crippen LogP contribution in [0.25, 0.3) is 5.57 Å². The Morgan fingerprint density at radius 1 is 1.53 bits per heavy atom. The lowest BCUT2D eigenvalue weighted by atomic mass is 9.86. The van der Waals surface area contributed by atoms with E-state index in [0.29, 0.717) is 18.4 Å². The summed E-state index contributed by atoms with van der Waals surface area (Å²) in [5.41, 5.74) is 0.661. The molecule has 0 aromatic carbocycles. The van der Waals surface area contributed by atoms with E-state index in [-0.39, 0.29) is 5.78 Å². The Hall–Kier alpha value is -1.42. The number of ketones is 1. The fraction of sp³-hybridized carbons (Fsp3) is 0.273.